The highest BCUT2D eigenvalue weighted by Gasteiger charge is 2.32. The van der Waals surface area contributed by atoms with Crippen LogP contribution in [0.2, 0.25) is 0 Å². The molecular formula is C15H25N3O3. The Bertz CT molecular complexity index is 416. The quantitative estimate of drug-likeness (QED) is 0.779. The van der Waals surface area contributed by atoms with Crippen molar-refractivity contribution in [3.8, 4) is 0 Å². The van der Waals surface area contributed by atoms with Crippen molar-refractivity contribution in [3.63, 3.8) is 0 Å². The normalized spacial score (nSPS) is 26.4. The standard InChI is InChI=1S/C15H25N3O3/c1-11-5-7-12(8-6-11)16-13(19)4-3-9-18-14(20)10-17(2)15(18)21/h11-12H,3-10H2,1-2H3,(H,16,19). The summed E-state index contributed by atoms with van der Waals surface area (Å²) in [6.07, 6.45) is 5.36. The molecule has 118 valence electrons. The summed E-state index contributed by atoms with van der Waals surface area (Å²) in [5.41, 5.74) is 0. The SMILES string of the molecule is CC1CCC(NC(=O)CCCN2C(=O)CN(C)C2=O)CC1. The topological polar surface area (TPSA) is 69.7 Å². The molecular weight excluding hydrogens is 270 g/mol. The number of rotatable bonds is 5. The summed E-state index contributed by atoms with van der Waals surface area (Å²) in [5, 5.41) is 3.06. The number of imide groups is 1. The second-order valence-electron chi connectivity index (χ2n) is 6.31. The molecule has 0 aromatic rings. The number of hydrogen-bond acceptors (Lipinski definition) is 3. The molecule has 1 saturated heterocycles. The van der Waals surface area contributed by atoms with Crippen LogP contribution in [0.15, 0.2) is 0 Å². The van der Waals surface area contributed by atoms with E-state index in [1.54, 1.807) is 7.05 Å². The molecule has 0 spiro atoms. The zero-order valence-corrected chi connectivity index (χ0v) is 12.9. The van der Waals surface area contributed by atoms with Gasteiger partial charge >= 0.3 is 6.03 Å². The van der Waals surface area contributed by atoms with E-state index in [4.69, 9.17) is 0 Å². The van der Waals surface area contributed by atoms with Crippen LogP contribution in [0.1, 0.15) is 45.4 Å². The lowest BCUT2D eigenvalue weighted by Gasteiger charge is -2.27. The molecule has 1 aliphatic heterocycles. The molecule has 0 atom stereocenters. The fourth-order valence-corrected chi connectivity index (χ4v) is 2.99. The summed E-state index contributed by atoms with van der Waals surface area (Å²) in [6, 6.07) is 0.0385. The van der Waals surface area contributed by atoms with Crippen LogP contribution in [0.4, 0.5) is 4.79 Å². The van der Waals surface area contributed by atoms with Crippen LogP contribution in [-0.2, 0) is 9.59 Å². The first-order valence-electron chi connectivity index (χ1n) is 7.82. The summed E-state index contributed by atoms with van der Waals surface area (Å²) in [6.45, 7) is 2.72. The number of nitrogens with one attached hydrogen (secondary N) is 1. The third kappa shape index (κ3) is 4.19. The minimum atomic E-state index is -0.262. The van der Waals surface area contributed by atoms with Gasteiger partial charge in [-0.2, -0.15) is 0 Å². The average Bonchev–Trinajstić information content (AvgIpc) is 2.68. The van der Waals surface area contributed by atoms with E-state index < -0.39 is 0 Å². The zero-order valence-electron chi connectivity index (χ0n) is 12.9. The number of hydrogen-bond donors (Lipinski definition) is 1. The van der Waals surface area contributed by atoms with E-state index >= 15 is 0 Å². The molecule has 2 rings (SSSR count). The lowest BCUT2D eigenvalue weighted by Crippen LogP contribution is -2.38. The van der Waals surface area contributed by atoms with Crippen molar-refractivity contribution in [2.45, 2.75) is 51.5 Å². The summed E-state index contributed by atoms with van der Waals surface area (Å²) >= 11 is 0. The maximum atomic E-state index is 11.9. The molecule has 2 aliphatic rings. The van der Waals surface area contributed by atoms with Gasteiger partial charge in [0.15, 0.2) is 0 Å². The Morgan fingerprint density at radius 3 is 2.48 bits per heavy atom. The smallest absolute Gasteiger partial charge is 0.326 e. The van der Waals surface area contributed by atoms with Gasteiger partial charge in [-0.25, -0.2) is 4.79 Å². The Labute approximate surface area is 125 Å². The van der Waals surface area contributed by atoms with Gasteiger partial charge in [-0.3, -0.25) is 14.5 Å². The monoisotopic (exact) mass is 295 g/mol. The van der Waals surface area contributed by atoms with E-state index in [0.717, 1.165) is 18.8 Å². The molecule has 6 nitrogen and oxygen atoms in total. The van der Waals surface area contributed by atoms with Crippen LogP contribution in [0, 0.1) is 5.92 Å². The number of carbonyl (C=O) groups excluding carboxylic acids is 3. The highest BCUT2D eigenvalue weighted by atomic mass is 16.2. The van der Waals surface area contributed by atoms with Gasteiger partial charge < -0.3 is 10.2 Å². The number of urea groups is 1. The summed E-state index contributed by atoms with van der Waals surface area (Å²) in [7, 11) is 1.61. The van der Waals surface area contributed by atoms with Crippen molar-refractivity contribution in [2.24, 2.45) is 5.92 Å². The molecule has 6 heteroatoms. The van der Waals surface area contributed by atoms with E-state index in [0.29, 0.717) is 25.4 Å². The van der Waals surface area contributed by atoms with Crippen LogP contribution in [0.5, 0.6) is 0 Å². The number of amides is 4. The summed E-state index contributed by atoms with van der Waals surface area (Å²) in [5.74, 6) is 0.619. The first kappa shape index (κ1) is 15.8. The Morgan fingerprint density at radius 2 is 1.90 bits per heavy atom. The molecule has 1 aliphatic carbocycles. The van der Waals surface area contributed by atoms with Gasteiger partial charge in [0, 0.05) is 26.1 Å². The van der Waals surface area contributed by atoms with Crippen molar-refractivity contribution in [1.29, 1.82) is 0 Å². The van der Waals surface area contributed by atoms with Crippen LogP contribution in [0.25, 0.3) is 0 Å². The van der Waals surface area contributed by atoms with Gasteiger partial charge in [-0.15, -0.1) is 0 Å². The highest BCUT2D eigenvalue weighted by Crippen LogP contribution is 2.23. The number of nitrogens with zero attached hydrogens (tertiary/aromatic N) is 2. The number of carbonyl (C=O) groups is 3. The van der Waals surface area contributed by atoms with Crippen molar-refractivity contribution < 1.29 is 14.4 Å². The second-order valence-corrected chi connectivity index (χ2v) is 6.31. The molecule has 2 fully saturated rings. The van der Waals surface area contributed by atoms with Gasteiger partial charge in [0.2, 0.25) is 11.8 Å². The Balaban J connectivity index is 1.65. The van der Waals surface area contributed by atoms with Crippen molar-refractivity contribution in [3.05, 3.63) is 0 Å². The summed E-state index contributed by atoms with van der Waals surface area (Å²) < 4.78 is 0. The maximum Gasteiger partial charge on any atom is 0.326 e. The minimum absolute atomic E-state index is 0.0296. The van der Waals surface area contributed by atoms with E-state index in [-0.39, 0.29) is 24.4 Å². The molecule has 0 bridgehead atoms. The van der Waals surface area contributed by atoms with Gasteiger partial charge in [0.25, 0.3) is 0 Å². The molecule has 4 amide bonds. The van der Waals surface area contributed by atoms with Crippen LogP contribution in [-0.4, -0.2) is 53.8 Å². The van der Waals surface area contributed by atoms with E-state index in [1.165, 1.54) is 22.6 Å². The predicted octanol–water partition coefficient (Wildman–Crippen LogP) is 1.36. The Morgan fingerprint density at radius 1 is 1.24 bits per heavy atom. The predicted molar refractivity (Wildman–Crippen MR) is 78.5 cm³/mol. The van der Waals surface area contributed by atoms with Gasteiger partial charge in [-0.05, 0) is 38.0 Å². The van der Waals surface area contributed by atoms with Crippen molar-refractivity contribution in [2.75, 3.05) is 20.1 Å². The highest BCUT2D eigenvalue weighted by molar-refractivity contribution is 6.01. The van der Waals surface area contributed by atoms with Crippen molar-refractivity contribution in [1.82, 2.24) is 15.1 Å². The maximum absolute atomic E-state index is 11.9. The van der Waals surface area contributed by atoms with Gasteiger partial charge in [0.1, 0.15) is 6.54 Å². The van der Waals surface area contributed by atoms with E-state index in [1.807, 2.05) is 0 Å². The Kier molecular flexibility index (Phi) is 5.20. The third-order valence-corrected chi connectivity index (χ3v) is 4.40. The van der Waals surface area contributed by atoms with Gasteiger partial charge in [-0.1, -0.05) is 6.92 Å². The molecule has 0 aromatic carbocycles. The number of likely N-dealkylation sites (N-methyl/N-ethyl adjacent to an activating group) is 1. The average molecular weight is 295 g/mol. The first-order chi connectivity index (χ1) is 9.97. The lowest BCUT2D eigenvalue weighted by molar-refractivity contribution is -0.126. The van der Waals surface area contributed by atoms with Crippen LogP contribution in [0.3, 0.4) is 0 Å². The van der Waals surface area contributed by atoms with Crippen molar-refractivity contribution >= 4 is 17.8 Å². The van der Waals surface area contributed by atoms with Crippen LogP contribution >= 0.6 is 0 Å². The minimum Gasteiger partial charge on any atom is -0.353 e. The van der Waals surface area contributed by atoms with E-state index in [2.05, 4.69) is 12.2 Å². The largest absolute Gasteiger partial charge is 0.353 e. The molecule has 1 heterocycles. The molecule has 1 N–H and O–H groups in total. The first-order valence-corrected chi connectivity index (χ1v) is 7.82. The molecule has 0 unspecified atom stereocenters. The third-order valence-electron chi connectivity index (χ3n) is 4.40. The van der Waals surface area contributed by atoms with E-state index in [9.17, 15) is 14.4 Å². The fourth-order valence-electron chi connectivity index (χ4n) is 2.99. The molecule has 21 heavy (non-hydrogen) atoms. The molecule has 1 saturated carbocycles. The Hall–Kier alpha value is -1.59. The second kappa shape index (κ2) is 6.91. The van der Waals surface area contributed by atoms with Crippen LogP contribution < -0.4 is 5.32 Å². The fraction of sp³-hybridized carbons (Fsp3) is 0.800. The molecule has 0 radical (unpaired) electrons. The lowest BCUT2D eigenvalue weighted by atomic mass is 9.87. The zero-order chi connectivity index (χ0) is 15.4. The molecule has 0 aromatic heterocycles. The summed E-state index contributed by atoms with van der Waals surface area (Å²) in [4.78, 5) is 37.8. The van der Waals surface area contributed by atoms with Gasteiger partial charge in [0.05, 0.1) is 0 Å².